The Hall–Kier alpha value is -1.76. The molecule has 98 valence electrons. The van der Waals surface area contributed by atoms with Gasteiger partial charge in [-0.05, 0) is 17.7 Å². The van der Waals surface area contributed by atoms with Crippen LogP contribution < -0.4 is 4.74 Å². The molecule has 0 unspecified atom stereocenters. The third-order valence-electron chi connectivity index (χ3n) is 1.99. The Bertz CT molecular complexity index is 328. The van der Waals surface area contributed by atoms with Crippen LogP contribution in [0, 0.1) is 0 Å². The Morgan fingerprint density at radius 3 is 1.61 bits per heavy atom. The maximum Gasteiger partial charge on any atom is 0.119 e. The quantitative estimate of drug-likeness (QED) is 0.710. The van der Waals surface area contributed by atoms with E-state index in [1.807, 2.05) is 76.2 Å². The summed E-state index contributed by atoms with van der Waals surface area (Å²) in [6.07, 6.45) is 0. The van der Waals surface area contributed by atoms with Gasteiger partial charge in [0.2, 0.25) is 0 Å². The van der Waals surface area contributed by atoms with Gasteiger partial charge >= 0.3 is 0 Å². The van der Waals surface area contributed by atoms with Crippen molar-refractivity contribution in [3.05, 3.63) is 66.2 Å². The second-order valence-corrected chi connectivity index (χ2v) is 3.09. The van der Waals surface area contributed by atoms with Gasteiger partial charge in [0, 0.05) is 0 Å². The SMILES string of the molecule is CC.CC.c1ccc(COc2ccccc2)cc1. The predicted octanol–water partition coefficient (Wildman–Crippen LogP) is 5.32. The molecule has 0 amide bonds. The minimum Gasteiger partial charge on any atom is -0.489 e. The van der Waals surface area contributed by atoms with E-state index >= 15 is 0 Å². The summed E-state index contributed by atoms with van der Waals surface area (Å²) < 4.78 is 5.59. The van der Waals surface area contributed by atoms with E-state index in [2.05, 4.69) is 12.1 Å². The van der Waals surface area contributed by atoms with Gasteiger partial charge in [-0.2, -0.15) is 0 Å². The van der Waals surface area contributed by atoms with Crippen LogP contribution in [-0.4, -0.2) is 0 Å². The van der Waals surface area contributed by atoms with Gasteiger partial charge in [0.1, 0.15) is 12.4 Å². The van der Waals surface area contributed by atoms with Gasteiger partial charge < -0.3 is 4.74 Å². The molecular weight excluding hydrogens is 220 g/mol. The fourth-order valence-corrected chi connectivity index (χ4v) is 1.26. The van der Waals surface area contributed by atoms with E-state index in [0.29, 0.717) is 6.61 Å². The van der Waals surface area contributed by atoms with E-state index in [9.17, 15) is 0 Å². The summed E-state index contributed by atoms with van der Waals surface area (Å²) in [5, 5.41) is 0. The first-order valence-electron chi connectivity index (χ1n) is 6.67. The summed E-state index contributed by atoms with van der Waals surface area (Å²) in [7, 11) is 0. The maximum atomic E-state index is 5.59. The molecule has 0 radical (unpaired) electrons. The number of hydrogen-bond acceptors (Lipinski definition) is 1. The first-order chi connectivity index (χ1) is 8.95. The molecule has 0 aliphatic heterocycles. The molecular formula is C17H24O. The molecule has 0 heterocycles. The molecule has 0 aliphatic carbocycles. The zero-order valence-electron chi connectivity index (χ0n) is 11.9. The highest BCUT2D eigenvalue weighted by atomic mass is 16.5. The fraction of sp³-hybridized carbons (Fsp3) is 0.294. The van der Waals surface area contributed by atoms with Crippen molar-refractivity contribution in [3.63, 3.8) is 0 Å². The van der Waals surface area contributed by atoms with Crippen molar-refractivity contribution in [1.82, 2.24) is 0 Å². The van der Waals surface area contributed by atoms with Crippen LogP contribution in [0.5, 0.6) is 5.75 Å². The second-order valence-electron chi connectivity index (χ2n) is 3.09. The lowest BCUT2D eigenvalue weighted by Gasteiger charge is -2.05. The molecule has 0 bridgehead atoms. The van der Waals surface area contributed by atoms with Crippen LogP contribution in [0.3, 0.4) is 0 Å². The van der Waals surface area contributed by atoms with Crippen molar-refractivity contribution in [2.45, 2.75) is 34.3 Å². The minimum atomic E-state index is 0.630. The van der Waals surface area contributed by atoms with Crippen LogP contribution in [0.25, 0.3) is 0 Å². The number of para-hydroxylation sites is 1. The highest BCUT2D eigenvalue weighted by molar-refractivity contribution is 5.22. The first-order valence-corrected chi connectivity index (χ1v) is 6.67. The first kappa shape index (κ1) is 16.2. The van der Waals surface area contributed by atoms with Crippen LogP contribution in [0.15, 0.2) is 60.7 Å². The van der Waals surface area contributed by atoms with Crippen LogP contribution in [0.1, 0.15) is 33.3 Å². The van der Waals surface area contributed by atoms with Gasteiger partial charge in [-0.25, -0.2) is 0 Å². The molecule has 0 fully saturated rings. The van der Waals surface area contributed by atoms with E-state index in [4.69, 9.17) is 4.74 Å². The third-order valence-corrected chi connectivity index (χ3v) is 1.99. The third kappa shape index (κ3) is 6.74. The molecule has 0 aromatic heterocycles. The standard InChI is InChI=1S/C13H12O.2C2H6/c1-3-7-12(8-4-1)11-14-13-9-5-2-6-10-13;2*1-2/h1-10H,11H2;2*1-2H3. The van der Waals surface area contributed by atoms with E-state index in [0.717, 1.165) is 5.75 Å². The molecule has 0 saturated heterocycles. The Labute approximate surface area is 111 Å². The topological polar surface area (TPSA) is 9.23 Å². The summed E-state index contributed by atoms with van der Waals surface area (Å²) in [6.45, 7) is 8.63. The van der Waals surface area contributed by atoms with Crippen molar-refractivity contribution in [2.24, 2.45) is 0 Å². The fourth-order valence-electron chi connectivity index (χ4n) is 1.26. The Kier molecular flexibility index (Phi) is 10.6. The average molecular weight is 244 g/mol. The summed E-state index contributed by atoms with van der Waals surface area (Å²) in [6, 6.07) is 20.0. The smallest absolute Gasteiger partial charge is 0.119 e. The van der Waals surface area contributed by atoms with Gasteiger partial charge in [-0.3, -0.25) is 0 Å². The van der Waals surface area contributed by atoms with Gasteiger partial charge in [0.05, 0.1) is 0 Å². The average Bonchev–Trinajstić information content (AvgIpc) is 2.51. The molecule has 18 heavy (non-hydrogen) atoms. The monoisotopic (exact) mass is 244 g/mol. The predicted molar refractivity (Wildman–Crippen MR) is 79.9 cm³/mol. The van der Waals surface area contributed by atoms with E-state index in [1.54, 1.807) is 0 Å². The maximum absolute atomic E-state index is 5.59. The highest BCUT2D eigenvalue weighted by Crippen LogP contribution is 2.10. The normalized spacial score (nSPS) is 8.22. The Morgan fingerprint density at radius 1 is 0.667 bits per heavy atom. The van der Waals surface area contributed by atoms with E-state index in [-0.39, 0.29) is 0 Å². The van der Waals surface area contributed by atoms with E-state index in [1.165, 1.54) is 5.56 Å². The minimum absolute atomic E-state index is 0.630. The lowest BCUT2D eigenvalue weighted by atomic mass is 10.2. The second kappa shape index (κ2) is 11.7. The van der Waals surface area contributed by atoms with Crippen LogP contribution >= 0.6 is 0 Å². The lowest BCUT2D eigenvalue weighted by Crippen LogP contribution is -1.94. The van der Waals surface area contributed by atoms with Gasteiger partial charge in [-0.1, -0.05) is 76.2 Å². The highest BCUT2D eigenvalue weighted by Gasteiger charge is 1.92. The van der Waals surface area contributed by atoms with Gasteiger partial charge in [0.25, 0.3) is 0 Å². The molecule has 0 aliphatic rings. The Morgan fingerprint density at radius 2 is 1.11 bits per heavy atom. The molecule has 1 heteroatoms. The molecule has 2 rings (SSSR count). The van der Waals surface area contributed by atoms with E-state index < -0.39 is 0 Å². The molecule has 0 atom stereocenters. The molecule has 0 saturated carbocycles. The van der Waals surface area contributed by atoms with Crippen molar-refractivity contribution in [2.75, 3.05) is 0 Å². The zero-order chi connectivity index (χ0) is 13.6. The molecule has 1 nitrogen and oxygen atoms in total. The van der Waals surface area contributed by atoms with Crippen molar-refractivity contribution < 1.29 is 4.74 Å². The lowest BCUT2D eigenvalue weighted by molar-refractivity contribution is 0.306. The summed E-state index contributed by atoms with van der Waals surface area (Å²) in [5.74, 6) is 0.913. The van der Waals surface area contributed by atoms with Gasteiger partial charge in [0.15, 0.2) is 0 Å². The number of rotatable bonds is 3. The molecule has 0 spiro atoms. The summed E-state index contributed by atoms with van der Waals surface area (Å²) in [5.41, 5.74) is 1.19. The molecule has 2 aromatic rings. The van der Waals surface area contributed by atoms with Crippen molar-refractivity contribution in [1.29, 1.82) is 0 Å². The van der Waals surface area contributed by atoms with Crippen LogP contribution in [0.2, 0.25) is 0 Å². The van der Waals surface area contributed by atoms with Gasteiger partial charge in [-0.15, -0.1) is 0 Å². The van der Waals surface area contributed by atoms with Crippen LogP contribution in [-0.2, 0) is 6.61 Å². The molecule has 0 N–H and O–H groups in total. The summed E-state index contributed by atoms with van der Waals surface area (Å²) in [4.78, 5) is 0. The van der Waals surface area contributed by atoms with Crippen LogP contribution in [0.4, 0.5) is 0 Å². The summed E-state index contributed by atoms with van der Waals surface area (Å²) >= 11 is 0. The number of hydrogen-bond donors (Lipinski definition) is 0. The van der Waals surface area contributed by atoms with Crippen molar-refractivity contribution >= 4 is 0 Å². The van der Waals surface area contributed by atoms with Crippen molar-refractivity contribution in [3.8, 4) is 5.75 Å². The number of benzene rings is 2. The number of ether oxygens (including phenoxy) is 1. The largest absolute Gasteiger partial charge is 0.489 e. The Balaban J connectivity index is 0.000000659. The molecule has 2 aromatic carbocycles. The zero-order valence-corrected chi connectivity index (χ0v) is 11.9.